The minimum Gasteiger partial charge on any atom is -0.493 e. The molecule has 0 aliphatic heterocycles. The van der Waals surface area contributed by atoms with E-state index in [-0.39, 0.29) is 5.56 Å². The highest BCUT2D eigenvalue weighted by atomic mass is 19.1. The molecule has 0 radical (unpaired) electrons. The van der Waals surface area contributed by atoms with E-state index in [1.165, 1.54) is 12.3 Å². The lowest BCUT2D eigenvalue weighted by Crippen LogP contribution is -2.13. The summed E-state index contributed by atoms with van der Waals surface area (Å²) < 4.78 is 18.6. The monoisotopic (exact) mass is 315 g/mol. The summed E-state index contributed by atoms with van der Waals surface area (Å²) in [6.07, 6.45) is 4.37. The van der Waals surface area contributed by atoms with E-state index >= 15 is 0 Å². The molecule has 0 atom stereocenters. The highest BCUT2D eigenvalue weighted by Gasteiger charge is 2.26. The second-order valence-corrected chi connectivity index (χ2v) is 5.66. The third kappa shape index (κ3) is 3.04. The predicted octanol–water partition coefficient (Wildman–Crippen LogP) is 4.25. The van der Waals surface area contributed by atoms with Gasteiger partial charge in [0.15, 0.2) is 0 Å². The van der Waals surface area contributed by atoms with Gasteiger partial charge in [-0.25, -0.2) is 9.18 Å². The number of carbonyl (C=O) groups is 1. The summed E-state index contributed by atoms with van der Waals surface area (Å²) in [6, 6.07) is 6.39. The standard InChI is InChI=1S/C18H18FNO3/c1-2-23-17-9-14(16-7-6-12(19)10-20-16)13(11-4-3-5-11)8-15(17)18(21)22/h6-11H,2-5H2,1H3,(H,21,22). The van der Waals surface area contributed by atoms with Crippen molar-refractivity contribution in [3.63, 3.8) is 0 Å². The Morgan fingerprint density at radius 2 is 2.17 bits per heavy atom. The lowest BCUT2D eigenvalue weighted by Gasteiger charge is -2.28. The number of pyridine rings is 1. The van der Waals surface area contributed by atoms with Crippen LogP contribution in [0.5, 0.6) is 5.75 Å². The predicted molar refractivity (Wildman–Crippen MR) is 84.4 cm³/mol. The number of hydrogen-bond acceptors (Lipinski definition) is 3. The molecule has 0 amide bonds. The van der Waals surface area contributed by atoms with Crippen LogP contribution in [0.25, 0.3) is 11.3 Å². The summed E-state index contributed by atoms with van der Waals surface area (Å²) in [4.78, 5) is 15.7. The normalized spacial score (nSPS) is 14.3. The fourth-order valence-corrected chi connectivity index (χ4v) is 2.85. The number of carboxylic acids is 1. The van der Waals surface area contributed by atoms with Crippen LogP contribution in [0.2, 0.25) is 0 Å². The van der Waals surface area contributed by atoms with E-state index in [0.29, 0.717) is 24.0 Å². The molecule has 0 spiro atoms. The molecule has 1 aromatic carbocycles. The van der Waals surface area contributed by atoms with Crippen LogP contribution in [0.4, 0.5) is 4.39 Å². The van der Waals surface area contributed by atoms with E-state index in [9.17, 15) is 14.3 Å². The van der Waals surface area contributed by atoms with Crippen molar-refractivity contribution in [2.75, 3.05) is 6.61 Å². The molecule has 23 heavy (non-hydrogen) atoms. The highest BCUT2D eigenvalue weighted by molar-refractivity contribution is 5.92. The Balaban J connectivity index is 2.16. The number of halogens is 1. The summed E-state index contributed by atoms with van der Waals surface area (Å²) in [7, 11) is 0. The van der Waals surface area contributed by atoms with Gasteiger partial charge in [-0.3, -0.25) is 4.98 Å². The largest absolute Gasteiger partial charge is 0.493 e. The van der Waals surface area contributed by atoms with E-state index in [1.807, 2.05) is 0 Å². The minimum atomic E-state index is -1.01. The Hall–Kier alpha value is -2.43. The average Bonchev–Trinajstić information content (AvgIpc) is 2.47. The van der Waals surface area contributed by atoms with Crippen molar-refractivity contribution >= 4 is 5.97 Å². The Morgan fingerprint density at radius 3 is 2.70 bits per heavy atom. The smallest absolute Gasteiger partial charge is 0.339 e. The maximum atomic E-state index is 13.1. The molecule has 1 saturated carbocycles. The van der Waals surface area contributed by atoms with Crippen LogP contribution in [-0.2, 0) is 0 Å². The first-order valence-electron chi connectivity index (χ1n) is 7.76. The topological polar surface area (TPSA) is 59.4 Å². The maximum Gasteiger partial charge on any atom is 0.339 e. The number of carboxylic acid groups (broad SMARTS) is 1. The maximum absolute atomic E-state index is 13.1. The van der Waals surface area contributed by atoms with Crippen LogP contribution in [0.15, 0.2) is 30.5 Å². The molecule has 0 saturated heterocycles. The fraction of sp³-hybridized carbons (Fsp3) is 0.333. The lowest BCUT2D eigenvalue weighted by molar-refractivity contribution is 0.0692. The minimum absolute atomic E-state index is 0.166. The van der Waals surface area contributed by atoms with Gasteiger partial charge >= 0.3 is 5.97 Å². The van der Waals surface area contributed by atoms with Crippen molar-refractivity contribution in [2.24, 2.45) is 0 Å². The van der Waals surface area contributed by atoms with Crippen LogP contribution in [0.1, 0.15) is 48.0 Å². The van der Waals surface area contributed by atoms with Crippen molar-refractivity contribution in [3.8, 4) is 17.0 Å². The molecule has 4 nitrogen and oxygen atoms in total. The molecule has 1 heterocycles. The zero-order valence-electron chi connectivity index (χ0n) is 12.9. The third-order valence-electron chi connectivity index (χ3n) is 4.23. The van der Waals surface area contributed by atoms with Crippen LogP contribution in [-0.4, -0.2) is 22.7 Å². The zero-order chi connectivity index (χ0) is 16.4. The molecular formula is C18H18FNO3. The number of nitrogens with zero attached hydrogens (tertiary/aromatic N) is 1. The third-order valence-corrected chi connectivity index (χ3v) is 4.23. The van der Waals surface area contributed by atoms with Gasteiger partial charge in [-0.05, 0) is 55.5 Å². The van der Waals surface area contributed by atoms with E-state index in [4.69, 9.17) is 4.74 Å². The van der Waals surface area contributed by atoms with Gasteiger partial charge in [0.1, 0.15) is 17.1 Å². The number of rotatable bonds is 5. The van der Waals surface area contributed by atoms with Crippen molar-refractivity contribution in [2.45, 2.75) is 32.1 Å². The van der Waals surface area contributed by atoms with Crippen LogP contribution >= 0.6 is 0 Å². The van der Waals surface area contributed by atoms with Crippen molar-refractivity contribution in [3.05, 3.63) is 47.4 Å². The molecule has 1 aliphatic carbocycles. The van der Waals surface area contributed by atoms with Gasteiger partial charge in [0, 0.05) is 5.56 Å². The zero-order valence-corrected chi connectivity index (χ0v) is 12.9. The number of ether oxygens (including phenoxy) is 1. The van der Waals surface area contributed by atoms with Gasteiger partial charge in [0.25, 0.3) is 0 Å². The fourth-order valence-electron chi connectivity index (χ4n) is 2.85. The van der Waals surface area contributed by atoms with E-state index < -0.39 is 11.8 Å². The number of benzene rings is 1. The SMILES string of the molecule is CCOc1cc(-c2ccc(F)cn2)c(C2CCC2)cc1C(=O)O. The van der Waals surface area contributed by atoms with Crippen LogP contribution < -0.4 is 4.74 Å². The molecule has 2 aromatic rings. The molecule has 3 rings (SSSR count). The second-order valence-electron chi connectivity index (χ2n) is 5.66. The van der Waals surface area contributed by atoms with E-state index in [0.717, 1.165) is 30.4 Å². The first kappa shape index (κ1) is 15.5. The van der Waals surface area contributed by atoms with Gasteiger partial charge in [-0.15, -0.1) is 0 Å². The van der Waals surface area contributed by atoms with Crippen molar-refractivity contribution in [1.82, 2.24) is 4.98 Å². The highest BCUT2D eigenvalue weighted by Crippen LogP contribution is 2.43. The molecule has 0 unspecified atom stereocenters. The molecule has 1 fully saturated rings. The van der Waals surface area contributed by atoms with Crippen LogP contribution in [0, 0.1) is 5.82 Å². The molecular weight excluding hydrogens is 297 g/mol. The van der Waals surface area contributed by atoms with Crippen LogP contribution in [0.3, 0.4) is 0 Å². The summed E-state index contributed by atoms with van der Waals surface area (Å²) in [5.41, 5.74) is 2.57. The Morgan fingerprint density at radius 1 is 1.39 bits per heavy atom. The molecule has 1 aliphatic rings. The molecule has 120 valence electrons. The number of aromatic nitrogens is 1. The molecule has 1 aromatic heterocycles. The molecule has 0 bridgehead atoms. The Kier molecular flexibility index (Phi) is 4.28. The van der Waals surface area contributed by atoms with Gasteiger partial charge in [-0.1, -0.05) is 6.42 Å². The Bertz CT molecular complexity index is 724. The van der Waals surface area contributed by atoms with Gasteiger partial charge < -0.3 is 9.84 Å². The first-order chi connectivity index (χ1) is 11.1. The first-order valence-corrected chi connectivity index (χ1v) is 7.76. The summed E-state index contributed by atoms with van der Waals surface area (Å²) in [5, 5.41) is 9.44. The van der Waals surface area contributed by atoms with E-state index in [2.05, 4.69) is 4.98 Å². The summed E-state index contributed by atoms with van der Waals surface area (Å²) in [6.45, 7) is 2.18. The van der Waals surface area contributed by atoms with Gasteiger partial charge in [-0.2, -0.15) is 0 Å². The summed E-state index contributed by atoms with van der Waals surface area (Å²) >= 11 is 0. The average molecular weight is 315 g/mol. The second kappa shape index (κ2) is 6.36. The molecule has 5 heteroatoms. The number of hydrogen-bond donors (Lipinski definition) is 1. The lowest BCUT2D eigenvalue weighted by atomic mass is 9.77. The Labute approximate surface area is 133 Å². The van der Waals surface area contributed by atoms with Crippen molar-refractivity contribution in [1.29, 1.82) is 0 Å². The van der Waals surface area contributed by atoms with Gasteiger partial charge in [0.05, 0.1) is 18.5 Å². The van der Waals surface area contributed by atoms with Crippen molar-refractivity contribution < 1.29 is 19.0 Å². The quantitative estimate of drug-likeness (QED) is 0.896. The number of aromatic carboxylic acids is 1. The molecule has 1 N–H and O–H groups in total. The van der Waals surface area contributed by atoms with E-state index in [1.54, 1.807) is 25.1 Å². The van der Waals surface area contributed by atoms with Gasteiger partial charge in [0.2, 0.25) is 0 Å². The summed E-state index contributed by atoms with van der Waals surface area (Å²) in [5.74, 6) is -0.756.